The van der Waals surface area contributed by atoms with Crippen molar-refractivity contribution in [2.45, 2.75) is 38.0 Å². The van der Waals surface area contributed by atoms with Gasteiger partial charge in [0, 0.05) is 36.5 Å². The highest BCUT2D eigenvalue weighted by atomic mass is 16.4. The average molecular weight is 496 g/mol. The normalized spacial score (nSPS) is 13.8. The summed E-state index contributed by atoms with van der Waals surface area (Å²) < 4.78 is 2.14. The Kier molecular flexibility index (Phi) is 6.93. The van der Waals surface area contributed by atoms with Crippen molar-refractivity contribution < 1.29 is 9.90 Å². The Hall–Kier alpha value is -4.53. The first-order chi connectivity index (χ1) is 18.0. The van der Waals surface area contributed by atoms with Crippen LogP contribution in [0.4, 0.5) is 10.6 Å². The Balaban J connectivity index is 0.000000514. The van der Waals surface area contributed by atoms with Crippen molar-refractivity contribution in [2.75, 3.05) is 12.8 Å². The van der Waals surface area contributed by atoms with Crippen molar-refractivity contribution in [3.63, 3.8) is 0 Å². The van der Waals surface area contributed by atoms with Gasteiger partial charge in [-0.2, -0.15) is 0 Å². The number of nitrogen functional groups attached to an aromatic ring is 1. The summed E-state index contributed by atoms with van der Waals surface area (Å²) in [6.45, 7) is 0. The van der Waals surface area contributed by atoms with Gasteiger partial charge in [0.15, 0.2) is 0 Å². The van der Waals surface area contributed by atoms with Crippen LogP contribution in [0.1, 0.15) is 43.8 Å². The van der Waals surface area contributed by atoms with E-state index in [9.17, 15) is 4.79 Å². The van der Waals surface area contributed by atoms with Gasteiger partial charge in [-0.05, 0) is 25.0 Å². The van der Waals surface area contributed by atoms with Crippen molar-refractivity contribution in [3.8, 4) is 22.5 Å². The number of amides is 1. The lowest BCUT2D eigenvalue weighted by molar-refractivity contribution is 0.197. The third-order valence-electron chi connectivity index (χ3n) is 6.68. The molecule has 6 rings (SSSR count). The summed E-state index contributed by atoms with van der Waals surface area (Å²) in [5.41, 5.74) is 12.7. The Bertz CT molecular complexity index is 1540. The van der Waals surface area contributed by atoms with Gasteiger partial charge in [-0.3, -0.25) is 9.38 Å². The fourth-order valence-corrected chi connectivity index (χ4v) is 4.84. The van der Waals surface area contributed by atoms with Crippen molar-refractivity contribution in [1.29, 1.82) is 0 Å². The van der Waals surface area contributed by atoms with Crippen LogP contribution in [0.3, 0.4) is 0 Å². The standard InChI is InChI=1S/C26H24N6.C2H5NO2/c27-25-24-23(31-26(32(24)14-13-28-25)18-9-5-2-6-10-18)19-11-12-20-21(15-19)30-22(16-29-20)17-7-3-1-4-8-17;1-3-2(4)5/h1,3-4,7-8,11-16,18H,2,5-6,9-10H2,(H2,27,28);3H,1H3,(H,4,5). The molecule has 0 aliphatic heterocycles. The second kappa shape index (κ2) is 10.6. The summed E-state index contributed by atoms with van der Waals surface area (Å²) in [4.78, 5) is 28.3. The molecule has 37 heavy (non-hydrogen) atoms. The van der Waals surface area contributed by atoms with E-state index in [0.717, 1.165) is 44.9 Å². The van der Waals surface area contributed by atoms with E-state index >= 15 is 0 Å². The van der Waals surface area contributed by atoms with Crippen LogP contribution < -0.4 is 11.1 Å². The van der Waals surface area contributed by atoms with Crippen LogP contribution in [0.5, 0.6) is 0 Å². The number of carboxylic acid groups (broad SMARTS) is 1. The maximum atomic E-state index is 9.26. The van der Waals surface area contributed by atoms with Gasteiger partial charge in [-0.15, -0.1) is 0 Å². The maximum absolute atomic E-state index is 9.26. The lowest BCUT2D eigenvalue weighted by Gasteiger charge is -2.20. The van der Waals surface area contributed by atoms with Gasteiger partial charge in [0.2, 0.25) is 0 Å². The molecule has 0 saturated heterocycles. The minimum Gasteiger partial charge on any atom is -0.465 e. The molecule has 1 amide bonds. The van der Waals surface area contributed by atoms with Crippen LogP contribution in [0, 0.1) is 0 Å². The number of nitrogens with zero attached hydrogens (tertiary/aromatic N) is 5. The molecule has 1 aliphatic carbocycles. The van der Waals surface area contributed by atoms with Crippen LogP contribution in [0.25, 0.3) is 39.1 Å². The minimum atomic E-state index is -0.995. The summed E-state index contributed by atoms with van der Waals surface area (Å²) >= 11 is 0. The lowest BCUT2D eigenvalue weighted by Crippen LogP contribution is -2.13. The summed E-state index contributed by atoms with van der Waals surface area (Å²) in [7, 11) is 1.35. The van der Waals surface area contributed by atoms with Gasteiger partial charge in [0.1, 0.15) is 22.9 Å². The number of hydrogen-bond acceptors (Lipinski definition) is 6. The van der Waals surface area contributed by atoms with Crippen LogP contribution in [-0.4, -0.2) is 42.6 Å². The summed E-state index contributed by atoms with van der Waals surface area (Å²) in [6.07, 6.45) is 10.7. The molecular formula is C28H29N7O2. The number of nitrogens with one attached hydrogen (secondary N) is 1. The van der Waals surface area contributed by atoms with E-state index in [1.807, 2.05) is 54.1 Å². The second-order valence-corrected chi connectivity index (χ2v) is 9.06. The maximum Gasteiger partial charge on any atom is 0.404 e. The fraction of sp³-hybridized carbons (Fsp3) is 0.250. The van der Waals surface area contributed by atoms with Crippen LogP contribution >= 0.6 is 0 Å². The molecule has 1 fully saturated rings. The number of hydrogen-bond donors (Lipinski definition) is 3. The highest BCUT2D eigenvalue weighted by molar-refractivity contribution is 5.90. The highest BCUT2D eigenvalue weighted by Gasteiger charge is 2.24. The van der Waals surface area contributed by atoms with E-state index in [4.69, 9.17) is 20.8 Å². The van der Waals surface area contributed by atoms with Crippen LogP contribution in [0.2, 0.25) is 0 Å². The lowest BCUT2D eigenvalue weighted by atomic mass is 9.89. The number of fused-ring (bicyclic) bond motifs is 2. The van der Waals surface area contributed by atoms with Gasteiger partial charge in [-0.1, -0.05) is 55.7 Å². The van der Waals surface area contributed by atoms with Crippen LogP contribution in [-0.2, 0) is 0 Å². The van der Waals surface area contributed by atoms with E-state index in [2.05, 4.69) is 26.5 Å². The average Bonchev–Trinajstić information content (AvgIpc) is 3.35. The molecule has 0 spiro atoms. The first-order valence-electron chi connectivity index (χ1n) is 12.4. The van der Waals surface area contributed by atoms with Crippen LogP contribution in [0.15, 0.2) is 67.1 Å². The number of carbonyl (C=O) groups is 1. The number of anilines is 1. The van der Waals surface area contributed by atoms with Crippen molar-refractivity contribution in [3.05, 3.63) is 72.9 Å². The zero-order valence-corrected chi connectivity index (χ0v) is 20.6. The largest absolute Gasteiger partial charge is 0.465 e. The van der Waals surface area contributed by atoms with E-state index in [1.54, 1.807) is 6.20 Å². The Morgan fingerprint density at radius 3 is 2.49 bits per heavy atom. The summed E-state index contributed by atoms with van der Waals surface area (Å²) in [5.74, 6) is 2.05. The topological polar surface area (TPSA) is 131 Å². The molecule has 1 aliphatic rings. The molecule has 3 aromatic heterocycles. The SMILES string of the molecule is CNC(=O)O.Nc1nccn2c(C3CCCCC3)nc(-c3ccc4ncc(-c5ccccc5)nc4c3)c12. The zero-order valence-electron chi connectivity index (χ0n) is 20.6. The Labute approximate surface area is 214 Å². The number of nitrogens with two attached hydrogens (primary N) is 1. The first kappa shape index (κ1) is 24.2. The summed E-state index contributed by atoms with van der Waals surface area (Å²) in [5, 5.41) is 9.56. The van der Waals surface area contributed by atoms with E-state index < -0.39 is 6.09 Å². The predicted octanol–water partition coefficient (Wildman–Crippen LogP) is 5.52. The smallest absolute Gasteiger partial charge is 0.404 e. The third kappa shape index (κ3) is 5.06. The van der Waals surface area contributed by atoms with Gasteiger partial charge >= 0.3 is 6.09 Å². The molecule has 3 heterocycles. The molecular weight excluding hydrogens is 466 g/mol. The van der Waals surface area contributed by atoms with E-state index in [0.29, 0.717) is 11.7 Å². The molecule has 1 saturated carbocycles. The monoisotopic (exact) mass is 495 g/mol. The Morgan fingerprint density at radius 2 is 1.76 bits per heavy atom. The fourth-order valence-electron chi connectivity index (χ4n) is 4.84. The van der Waals surface area contributed by atoms with Gasteiger partial charge in [0.25, 0.3) is 0 Å². The van der Waals surface area contributed by atoms with Gasteiger partial charge < -0.3 is 16.2 Å². The van der Waals surface area contributed by atoms with E-state index in [-0.39, 0.29) is 0 Å². The first-order valence-corrected chi connectivity index (χ1v) is 12.4. The van der Waals surface area contributed by atoms with Gasteiger partial charge in [0.05, 0.1) is 22.9 Å². The molecule has 9 heteroatoms. The van der Waals surface area contributed by atoms with Gasteiger partial charge in [-0.25, -0.2) is 19.7 Å². The quantitative estimate of drug-likeness (QED) is 0.300. The van der Waals surface area contributed by atoms with E-state index in [1.165, 1.54) is 39.2 Å². The summed E-state index contributed by atoms with van der Waals surface area (Å²) in [6, 6.07) is 16.2. The molecule has 9 nitrogen and oxygen atoms in total. The third-order valence-corrected chi connectivity index (χ3v) is 6.68. The number of aromatic nitrogens is 5. The molecule has 4 N–H and O–H groups in total. The van der Waals surface area contributed by atoms with Crippen molar-refractivity contribution >= 4 is 28.5 Å². The number of rotatable bonds is 3. The molecule has 0 bridgehead atoms. The van der Waals surface area contributed by atoms with Crippen molar-refractivity contribution in [2.24, 2.45) is 0 Å². The second-order valence-electron chi connectivity index (χ2n) is 9.06. The zero-order chi connectivity index (χ0) is 25.8. The number of benzene rings is 2. The predicted molar refractivity (Wildman–Crippen MR) is 144 cm³/mol. The highest BCUT2D eigenvalue weighted by Crippen LogP contribution is 2.37. The number of imidazole rings is 1. The molecule has 188 valence electrons. The molecule has 5 aromatic rings. The molecule has 2 aromatic carbocycles. The van der Waals surface area contributed by atoms with Crippen molar-refractivity contribution in [1.82, 2.24) is 29.7 Å². The Morgan fingerprint density at radius 1 is 1.00 bits per heavy atom. The minimum absolute atomic E-state index is 0.455. The molecule has 0 atom stereocenters. The molecule has 0 radical (unpaired) electrons. The molecule has 0 unspecified atom stereocenters.